The smallest absolute Gasteiger partial charge is 0.133 e. The first-order valence-electron chi connectivity index (χ1n) is 4.49. The molecule has 0 saturated heterocycles. The number of thiocarbonyl (C=S) groups is 1. The number of hydrogen-bond acceptors (Lipinski definition) is 3. The van der Waals surface area contributed by atoms with Crippen molar-refractivity contribution in [1.82, 2.24) is 10.3 Å². The summed E-state index contributed by atoms with van der Waals surface area (Å²) in [6.45, 7) is 3.77. The van der Waals surface area contributed by atoms with Crippen LogP contribution in [0.2, 0.25) is 0 Å². The van der Waals surface area contributed by atoms with Crippen LogP contribution in [0.4, 0.5) is 5.82 Å². The van der Waals surface area contributed by atoms with E-state index < -0.39 is 0 Å². The first-order chi connectivity index (χ1) is 7.33. The van der Waals surface area contributed by atoms with Gasteiger partial charge in [0.25, 0.3) is 0 Å². The summed E-state index contributed by atoms with van der Waals surface area (Å²) in [6.07, 6.45) is 7.21. The van der Waals surface area contributed by atoms with Gasteiger partial charge in [0, 0.05) is 25.0 Å². The minimum absolute atomic E-state index is 0.814. The van der Waals surface area contributed by atoms with Gasteiger partial charge in [0.15, 0.2) is 0 Å². The number of rotatable bonds is 5. The predicted molar refractivity (Wildman–Crippen MR) is 69.7 cm³/mol. The van der Waals surface area contributed by atoms with E-state index in [2.05, 4.69) is 34.4 Å². The Morgan fingerprint density at radius 1 is 1.53 bits per heavy atom. The third kappa shape index (κ3) is 2.89. The quantitative estimate of drug-likeness (QED) is 0.745. The van der Waals surface area contributed by atoms with Crippen LogP contribution in [-0.2, 0) is 0 Å². The van der Waals surface area contributed by atoms with E-state index >= 15 is 0 Å². The highest BCUT2D eigenvalue weighted by molar-refractivity contribution is 7.78. The lowest BCUT2D eigenvalue weighted by molar-refractivity contribution is 1.27. The standard InChI is InChI=1S/C11H13N3S/c1-3-10-9(4-6-13-8-15)5-7-14-11(10)12-2/h3-8H,1H2,2H3,(H,12,14)(H,13,15)/b6-4+. The molecule has 1 rings (SSSR count). The van der Waals surface area contributed by atoms with E-state index in [1.807, 2.05) is 19.2 Å². The minimum atomic E-state index is 0.814. The van der Waals surface area contributed by atoms with E-state index in [4.69, 9.17) is 0 Å². The van der Waals surface area contributed by atoms with Crippen LogP contribution in [0.25, 0.3) is 12.2 Å². The molecule has 4 heteroatoms. The molecule has 1 aromatic heterocycles. The number of pyridine rings is 1. The summed E-state index contributed by atoms with van der Waals surface area (Å²) in [5.41, 5.74) is 3.46. The van der Waals surface area contributed by atoms with E-state index in [9.17, 15) is 0 Å². The van der Waals surface area contributed by atoms with Crippen molar-refractivity contribution in [2.45, 2.75) is 0 Å². The molecular formula is C11H13N3S. The molecule has 15 heavy (non-hydrogen) atoms. The average Bonchev–Trinajstić information content (AvgIpc) is 2.29. The van der Waals surface area contributed by atoms with Crippen molar-refractivity contribution in [3.05, 3.63) is 36.2 Å². The van der Waals surface area contributed by atoms with E-state index in [0.717, 1.165) is 16.9 Å². The third-order valence-electron chi connectivity index (χ3n) is 1.89. The highest BCUT2D eigenvalue weighted by Crippen LogP contribution is 2.19. The Labute approximate surface area is 94.9 Å². The molecule has 0 saturated carbocycles. The summed E-state index contributed by atoms with van der Waals surface area (Å²) in [6, 6.07) is 1.92. The van der Waals surface area contributed by atoms with E-state index in [0.29, 0.717) is 0 Å². The molecule has 78 valence electrons. The lowest BCUT2D eigenvalue weighted by Crippen LogP contribution is -1.99. The van der Waals surface area contributed by atoms with Gasteiger partial charge in [-0.25, -0.2) is 4.98 Å². The molecule has 0 radical (unpaired) electrons. The first-order valence-corrected chi connectivity index (χ1v) is 4.96. The molecule has 2 N–H and O–H groups in total. The monoisotopic (exact) mass is 219 g/mol. The fourth-order valence-electron chi connectivity index (χ4n) is 1.22. The van der Waals surface area contributed by atoms with Gasteiger partial charge < -0.3 is 10.6 Å². The topological polar surface area (TPSA) is 37.0 Å². The molecular weight excluding hydrogens is 206 g/mol. The maximum absolute atomic E-state index is 4.65. The molecule has 0 atom stereocenters. The van der Waals surface area contributed by atoms with Gasteiger partial charge in [-0.1, -0.05) is 24.9 Å². The first kappa shape index (κ1) is 11.4. The van der Waals surface area contributed by atoms with Crippen LogP contribution in [0.3, 0.4) is 0 Å². The highest BCUT2D eigenvalue weighted by atomic mass is 32.1. The van der Waals surface area contributed by atoms with Gasteiger partial charge in [-0.2, -0.15) is 0 Å². The van der Waals surface area contributed by atoms with E-state index in [-0.39, 0.29) is 0 Å². The lowest BCUT2D eigenvalue weighted by atomic mass is 10.1. The summed E-state index contributed by atoms with van der Waals surface area (Å²) >= 11 is 4.65. The maximum Gasteiger partial charge on any atom is 0.133 e. The second kappa shape index (κ2) is 5.93. The van der Waals surface area contributed by atoms with Crippen molar-refractivity contribution in [3.63, 3.8) is 0 Å². The molecule has 0 unspecified atom stereocenters. The average molecular weight is 219 g/mol. The summed E-state index contributed by atoms with van der Waals surface area (Å²) in [5, 5.41) is 5.83. The second-order valence-corrected chi connectivity index (χ2v) is 2.97. The normalized spacial score (nSPS) is 9.93. The van der Waals surface area contributed by atoms with Gasteiger partial charge in [0.1, 0.15) is 5.82 Å². The van der Waals surface area contributed by atoms with Crippen LogP contribution in [0.1, 0.15) is 11.1 Å². The van der Waals surface area contributed by atoms with Crippen LogP contribution in [-0.4, -0.2) is 17.5 Å². The van der Waals surface area contributed by atoms with Crippen molar-refractivity contribution in [1.29, 1.82) is 0 Å². The Bertz CT molecular complexity index is 385. The molecule has 0 aliphatic carbocycles. The van der Waals surface area contributed by atoms with Crippen molar-refractivity contribution < 1.29 is 0 Å². The molecule has 0 bridgehead atoms. The van der Waals surface area contributed by atoms with Crippen LogP contribution < -0.4 is 10.6 Å². The van der Waals surface area contributed by atoms with Crippen molar-refractivity contribution in [3.8, 4) is 0 Å². The van der Waals surface area contributed by atoms with Gasteiger partial charge in [0.05, 0.1) is 5.49 Å². The van der Waals surface area contributed by atoms with Crippen molar-refractivity contribution >= 4 is 35.7 Å². The van der Waals surface area contributed by atoms with Crippen molar-refractivity contribution in [2.75, 3.05) is 12.4 Å². The number of hydrogen-bond donors (Lipinski definition) is 2. The predicted octanol–water partition coefficient (Wildman–Crippen LogP) is 2.28. The number of nitrogens with zero attached hydrogens (tertiary/aromatic N) is 1. The molecule has 0 amide bonds. The van der Waals surface area contributed by atoms with Crippen molar-refractivity contribution in [2.24, 2.45) is 0 Å². The zero-order valence-electron chi connectivity index (χ0n) is 8.53. The van der Waals surface area contributed by atoms with Crippen LogP contribution in [0.15, 0.2) is 25.0 Å². The van der Waals surface area contributed by atoms with Gasteiger partial charge in [-0.15, -0.1) is 0 Å². The van der Waals surface area contributed by atoms with Crippen LogP contribution in [0, 0.1) is 0 Å². The molecule has 0 aliphatic rings. The SMILES string of the molecule is C=Cc1c(/C=C/NC=S)ccnc1NC. The molecule has 3 nitrogen and oxygen atoms in total. The molecule has 0 aromatic carbocycles. The number of anilines is 1. The second-order valence-electron chi connectivity index (χ2n) is 2.73. The zero-order chi connectivity index (χ0) is 11.1. The van der Waals surface area contributed by atoms with Gasteiger partial charge >= 0.3 is 0 Å². The minimum Gasteiger partial charge on any atom is -0.373 e. The maximum atomic E-state index is 4.65. The van der Waals surface area contributed by atoms with Gasteiger partial charge in [-0.05, 0) is 17.7 Å². The summed E-state index contributed by atoms with van der Waals surface area (Å²) in [5.74, 6) is 0.814. The Morgan fingerprint density at radius 3 is 2.93 bits per heavy atom. The zero-order valence-corrected chi connectivity index (χ0v) is 9.34. The Kier molecular flexibility index (Phi) is 4.50. The highest BCUT2D eigenvalue weighted by Gasteiger charge is 2.01. The van der Waals surface area contributed by atoms with E-state index in [1.54, 1.807) is 18.5 Å². The summed E-state index contributed by atoms with van der Waals surface area (Å²) in [7, 11) is 1.83. The molecule has 0 fully saturated rings. The van der Waals surface area contributed by atoms with Gasteiger partial charge in [-0.3, -0.25) is 0 Å². The van der Waals surface area contributed by atoms with Crippen LogP contribution >= 0.6 is 12.2 Å². The summed E-state index contributed by atoms with van der Waals surface area (Å²) in [4.78, 5) is 4.19. The lowest BCUT2D eigenvalue weighted by Gasteiger charge is -2.06. The largest absolute Gasteiger partial charge is 0.373 e. The molecule has 0 spiro atoms. The Balaban J connectivity index is 3.05. The molecule has 0 aliphatic heterocycles. The fraction of sp³-hybridized carbons (Fsp3) is 0.0909. The number of nitrogens with one attached hydrogen (secondary N) is 2. The van der Waals surface area contributed by atoms with E-state index in [1.165, 1.54) is 5.49 Å². The Hall–Kier alpha value is -1.68. The fourth-order valence-corrected chi connectivity index (χ4v) is 1.30. The Morgan fingerprint density at radius 2 is 2.33 bits per heavy atom. The summed E-state index contributed by atoms with van der Waals surface area (Å²) < 4.78 is 0. The van der Waals surface area contributed by atoms with Crippen LogP contribution in [0.5, 0.6) is 0 Å². The molecule has 1 heterocycles. The third-order valence-corrected chi connectivity index (χ3v) is 2.03. The molecule has 1 aromatic rings. The van der Waals surface area contributed by atoms with Gasteiger partial charge in [0.2, 0.25) is 0 Å². The number of aromatic nitrogens is 1.